The van der Waals surface area contributed by atoms with E-state index in [0.717, 1.165) is 23.5 Å². The molecule has 0 unspecified atom stereocenters. The van der Waals surface area contributed by atoms with Gasteiger partial charge in [0.05, 0.1) is 11.5 Å². The Bertz CT molecular complexity index is 923. The molecule has 0 N–H and O–H groups in total. The molecule has 0 bridgehead atoms. The summed E-state index contributed by atoms with van der Waals surface area (Å²) in [6.45, 7) is 6.87. The minimum Gasteiger partial charge on any atom is -0.493 e. The van der Waals surface area contributed by atoms with Crippen LogP contribution < -0.4 is 4.74 Å². The second-order valence-corrected chi connectivity index (χ2v) is 11.2. The summed E-state index contributed by atoms with van der Waals surface area (Å²) in [4.78, 5) is 2.98. The smallest absolute Gasteiger partial charge is 0.175 e. The molecule has 1 aliphatic heterocycles. The highest BCUT2D eigenvalue weighted by molar-refractivity contribution is 7.90. The Kier molecular flexibility index (Phi) is 5.71. The van der Waals surface area contributed by atoms with E-state index >= 15 is 0 Å². The van der Waals surface area contributed by atoms with E-state index < -0.39 is 9.84 Å². The third-order valence-corrected chi connectivity index (χ3v) is 7.50. The second-order valence-electron chi connectivity index (χ2n) is 9.16. The molecular formula is C24H31NO3S. The van der Waals surface area contributed by atoms with Crippen LogP contribution in [0.4, 0.5) is 0 Å². The zero-order valence-electron chi connectivity index (χ0n) is 17.4. The molecule has 156 valence electrons. The van der Waals surface area contributed by atoms with Crippen LogP contribution in [0, 0.1) is 11.3 Å². The second kappa shape index (κ2) is 8.11. The van der Waals surface area contributed by atoms with Crippen LogP contribution >= 0.6 is 0 Å². The van der Waals surface area contributed by atoms with E-state index in [9.17, 15) is 8.42 Å². The average molecular weight is 414 g/mol. The summed E-state index contributed by atoms with van der Waals surface area (Å²) in [6.07, 6.45) is 6.47. The zero-order chi connectivity index (χ0) is 20.5. The van der Waals surface area contributed by atoms with E-state index in [1.807, 2.05) is 36.4 Å². The van der Waals surface area contributed by atoms with Crippen LogP contribution in [-0.4, -0.2) is 45.8 Å². The van der Waals surface area contributed by atoms with Gasteiger partial charge < -0.3 is 9.64 Å². The maximum absolute atomic E-state index is 11.6. The van der Waals surface area contributed by atoms with E-state index in [1.54, 1.807) is 12.1 Å². The van der Waals surface area contributed by atoms with Gasteiger partial charge in [0.2, 0.25) is 0 Å². The zero-order valence-corrected chi connectivity index (χ0v) is 18.2. The maximum atomic E-state index is 11.6. The highest BCUT2D eigenvalue weighted by Crippen LogP contribution is 2.45. The van der Waals surface area contributed by atoms with Crippen molar-refractivity contribution in [1.29, 1.82) is 0 Å². The Morgan fingerprint density at radius 3 is 2.03 bits per heavy atom. The molecule has 1 aliphatic carbocycles. The number of likely N-dealkylation sites (tertiary alicyclic amines) is 1. The summed E-state index contributed by atoms with van der Waals surface area (Å²) in [6, 6.07) is 15.1. The predicted octanol–water partition coefficient (Wildman–Crippen LogP) is 4.65. The molecule has 2 aromatic rings. The number of rotatable bonds is 7. The highest BCUT2D eigenvalue weighted by Gasteiger charge is 2.39. The average Bonchev–Trinajstić information content (AvgIpc) is 3.44. The summed E-state index contributed by atoms with van der Waals surface area (Å²) in [5.41, 5.74) is 2.66. The number of benzene rings is 2. The van der Waals surface area contributed by atoms with Crippen LogP contribution in [-0.2, 0) is 9.84 Å². The lowest BCUT2D eigenvalue weighted by atomic mass is 9.96. The Balaban J connectivity index is 1.26. The summed E-state index contributed by atoms with van der Waals surface area (Å²) < 4.78 is 29.2. The number of ether oxygens (including phenoxy) is 1. The predicted molar refractivity (Wildman–Crippen MR) is 117 cm³/mol. The topological polar surface area (TPSA) is 46.6 Å². The molecule has 1 saturated carbocycles. The Labute approximate surface area is 174 Å². The maximum Gasteiger partial charge on any atom is 0.175 e. The van der Waals surface area contributed by atoms with Gasteiger partial charge in [0.15, 0.2) is 9.84 Å². The van der Waals surface area contributed by atoms with Gasteiger partial charge in [0.25, 0.3) is 0 Å². The van der Waals surface area contributed by atoms with Gasteiger partial charge in [-0.25, -0.2) is 8.42 Å². The van der Waals surface area contributed by atoms with Gasteiger partial charge in [0, 0.05) is 12.8 Å². The van der Waals surface area contributed by atoms with E-state index in [4.69, 9.17) is 4.74 Å². The van der Waals surface area contributed by atoms with Gasteiger partial charge in [-0.2, -0.15) is 0 Å². The lowest BCUT2D eigenvalue weighted by molar-refractivity contribution is 0.126. The van der Waals surface area contributed by atoms with E-state index in [0.29, 0.717) is 16.2 Å². The molecule has 4 nitrogen and oxygen atoms in total. The van der Waals surface area contributed by atoms with Gasteiger partial charge in [-0.15, -0.1) is 0 Å². The van der Waals surface area contributed by atoms with Gasteiger partial charge in [0.1, 0.15) is 5.75 Å². The summed E-state index contributed by atoms with van der Waals surface area (Å²) in [5.74, 6) is 1.54. The first-order valence-electron chi connectivity index (χ1n) is 10.6. The lowest BCUT2D eigenvalue weighted by Gasteiger charge is -2.33. The number of piperidine rings is 1. The summed E-state index contributed by atoms with van der Waals surface area (Å²) in [5, 5.41) is 0. The Morgan fingerprint density at radius 2 is 1.52 bits per heavy atom. The Hall–Kier alpha value is -1.85. The van der Waals surface area contributed by atoms with Crippen LogP contribution in [0.2, 0.25) is 0 Å². The van der Waals surface area contributed by atoms with Crippen LogP contribution in [0.5, 0.6) is 5.75 Å². The molecule has 2 aromatic carbocycles. The fraction of sp³-hybridized carbons (Fsp3) is 0.500. The molecule has 29 heavy (non-hydrogen) atoms. The first-order valence-corrected chi connectivity index (χ1v) is 12.5. The lowest BCUT2D eigenvalue weighted by Crippen LogP contribution is -2.38. The van der Waals surface area contributed by atoms with Gasteiger partial charge in [-0.05, 0) is 85.5 Å². The van der Waals surface area contributed by atoms with Crippen LogP contribution in [0.1, 0.15) is 32.6 Å². The largest absolute Gasteiger partial charge is 0.493 e. The van der Waals surface area contributed by atoms with Crippen molar-refractivity contribution in [2.45, 2.75) is 37.5 Å². The van der Waals surface area contributed by atoms with Gasteiger partial charge >= 0.3 is 0 Å². The highest BCUT2D eigenvalue weighted by atomic mass is 32.2. The van der Waals surface area contributed by atoms with E-state index in [2.05, 4.69) is 11.8 Å². The minimum absolute atomic E-state index is 0.346. The number of hydrogen-bond donors (Lipinski definition) is 0. The van der Waals surface area contributed by atoms with E-state index in [1.165, 1.54) is 51.6 Å². The van der Waals surface area contributed by atoms with Crippen molar-refractivity contribution in [3.8, 4) is 16.9 Å². The number of nitrogens with zero attached hydrogens (tertiary/aromatic N) is 1. The molecule has 1 heterocycles. The molecular weight excluding hydrogens is 382 g/mol. The SMILES string of the molecule is CC1(CN2CCC(COc3ccc(-c4ccc(S(C)(=O)=O)cc4)cc3)CC2)CC1. The van der Waals surface area contributed by atoms with E-state index in [-0.39, 0.29) is 0 Å². The Morgan fingerprint density at radius 1 is 0.966 bits per heavy atom. The fourth-order valence-electron chi connectivity index (χ4n) is 4.07. The first kappa shape index (κ1) is 20.4. The molecule has 5 heteroatoms. The first-order chi connectivity index (χ1) is 13.8. The van der Waals surface area contributed by atoms with Crippen LogP contribution in [0.3, 0.4) is 0 Å². The van der Waals surface area contributed by atoms with Gasteiger partial charge in [-0.3, -0.25) is 0 Å². The third-order valence-electron chi connectivity index (χ3n) is 6.37. The molecule has 0 amide bonds. The van der Waals surface area contributed by atoms with Crippen molar-refractivity contribution >= 4 is 9.84 Å². The molecule has 2 aliphatic rings. The molecule has 0 spiro atoms. The molecule has 0 radical (unpaired) electrons. The standard InChI is InChI=1S/C24H31NO3S/c1-24(13-14-24)18-25-15-11-19(12-16-25)17-28-22-7-3-20(4-8-22)21-5-9-23(10-6-21)29(2,26)27/h3-10,19H,11-18H2,1-2H3. The van der Waals surface area contributed by atoms with Crippen molar-refractivity contribution in [2.75, 3.05) is 32.5 Å². The normalized spacial score (nSPS) is 19.8. The fourth-order valence-corrected chi connectivity index (χ4v) is 4.71. The monoisotopic (exact) mass is 413 g/mol. The molecule has 0 atom stereocenters. The quantitative estimate of drug-likeness (QED) is 0.663. The van der Waals surface area contributed by atoms with Crippen LogP contribution in [0.15, 0.2) is 53.4 Å². The van der Waals surface area contributed by atoms with Crippen molar-refractivity contribution in [2.24, 2.45) is 11.3 Å². The molecule has 4 rings (SSSR count). The summed E-state index contributed by atoms with van der Waals surface area (Å²) in [7, 11) is -3.16. The molecule has 0 aromatic heterocycles. The molecule has 1 saturated heterocycles. The van der Waals surface area contributed by atoms with Crippen molar-refractivity contribution in [3.05, 3.63) is 48.5 Å². The van der Waals surface area contributed by atoms with Crippen molar-refractivity contribution in [1.82, 2.24) is 4.90 Å². The van der Waals surface area contributed by atoms with Crippen LogP contribution in [0.25, 0.3) is 11.1 Å². The number of hydrogen-bond acceptors (Lipinski definition) is 4. The molecule has 2 fully saturated rings. The number of sulfone groups is 1. The van der Waals surface area contributed by atoms with Crippen molar-refractivity contribution < 1.29 is 13.2 Å². The van der Waals surface area contributed by atoms with Gasteiger partial charge in [-0.1, -0.05) is 31.2 Å². The minimum atomic E-state index is -3.16. The summed E-state index contributed by atoms with van der Waals surface area (Å²) >= 11 is 0. The van der Waals surface area contributed by atoms with Crippen molar-refractivity contribution in [3.63, 3.8) is 0 Å². The third kappa shape index (κ3) is 5.40.